The van der Waals surface area contributed by atoms with Gasteiger partial charge in [0.2, 0.25) is 0 Å². The molecule has 1 atom stereocenters. The Labute approximate surface area is 85.4 Å². The molecule has 0 aromatic rings. The van der Waals surface area contributed by atoms with E-state index in [-0.39, 0.29) is 0 Å². The average molecular weight is 194 g/mol. The molecule has 2 fully saturated rings. The van der Waals surface area contributed by atoms with E-state index < -0.39 is 0 Å². The Kier molecular flexibility index (Phi) is 3.05. The number of nitrogens with one attached hydrogen (secondary N) is 1. The zero-order chi connectivity index (χ0) is 9.86. The van der Waals surface area contributed by atoms with Crippen molar-refractivity contribution in [2.45, 2.75) is 25.7 Å². The fourth-order valence-electron chi connectivity index (χ4n) is 2.05. The van der Waals surface area contributed by atoms with E-state index in [4.69, 9.17) is 10.00 Å². The highest BCUT2D eigenvalue weighted by Gasteiger charge is 2.41. The van der Waals surface area contributed by atoms with Gasteiger partial charge >= 0.3 is 0 Å². The summed E-state index contributed by atoms with van der Waals surface area (Å²) in [7, 11) is 0. The van der Waals surface area contributed by atoms with E-state index in [0.29, 0.717) is 11.3 Å². The van der Waals surface area contributed by atoms with E-state index in [1.54, 1.807) is 0 Å². The van der Waals surface area contributed by atoms with Crippen molar-refractivity contribution in [3.05, 3.63) is 0 Å². The lowest BCUT2D eigenvalue weighted by atomic mass is 10.0. The minimum Gasteiger partial charge on any atom is -0.381 e. The van der Waals surface area contributed by atoms with Crippen LogP contribution in [0.25, 0.3) is 0 Å². The molecule has 1 aliphatic heterocycles. The first-order chi connectivity index (χ1) is 6.85. The Balaban J connectivity index is 1.60. The monoisotopic (exact) mass is 194 g/mol. The van der Waals surface area contributed by atoms with Crippen LogP contribution in [0.2, 0.25) is 0 Å². The summed E-state index contributed by atoms with van der Waals surface area (Å²) in [6, 6.07) is 2.28. The summed E-state index contributed by atoms with van der Waals surface area (Å²) in [5.74, 6) is 0.702. The number of nitrogens with zero attached hydrogens (tertiary/aromatic N) is 1. The van der Waals surface area contributed by atoms with Gasteiger partial charge in [-0.3, -0.25) is 0 Å². The molecule has 2 rings (SSSR count). The number of hydrogen-bond donors (Lipinski definition) is 1. The fourth-order valence-corrected chi connectivity index (χ4v) is 2.05. The third-order valence-corrected chi connectivity index (χ3v) is 3.37. The van der Waals surface area contributed by atoms with Gasteiger partial charge in [-0.2, -0.15) is 5.26 Å². The van der Waals surface area contributed by atoms with Crippen molar-refractivity contribution in [1.29, 1.82) is 5.26 Å². The molecule has 2 aliphatic rings. The predicted molar refractivity (Wildman–Crippen MR) is 53.7 cm³/mol. The number of hydrogen-bond acceptors (Lipinski definition) is 3. The van der Waals surface area contributed by atoms with E-state index >= 15 is 0 Å². The maximum atomic E-state index is 8.65. The van der Waals surface area contributed by atoms with Crippen molar-refractivity contribution in [3.63, 3.8) is 0 Å². The van der Waals surface area contributed by atoms with Gasteiger partial charge in [0.1, 0.15) is 0 Å². The normalized spacial score (nSPS) is 28.6. The molecule has 14 heavy (non-hydrogen) atoms. The van der Waals surface area contributed by atoms with Gasteiger partial charge in [-0.15, -0.1) is 0 Å². The lowest BCUT2D eigenvalue weighted by Gasteiger charge is -2.14. The molecule has 1 saturated carbocycles. The maximum absolute atomic E-state index is 8.65. The fraction of sp³-hybridized carbons (Fsp3) is 0.909. The SMILES string of the molecule is N#CCC1(CNCC2CCOC2)CC1. The van der Waals surface area contributed by atoms with Crippen LogP contribution >= 0.6 is 0 Å². The third kappa shape index (κ3) is 2.46. The summed E-state index contributed by atoms with van der Waals surface area (Å²) < 4.78 is 5.31. The van der Waals surface area contributed by atoms with Crippen molar-refractivity contribution in [2.24, 2.45) is 11.3 Å². The molecule has 3 nitrogen and oxygen atoms in total. The zero-order valence-electron chi connectivity index (χ0n) is 8.59. The van der Waals surface area contributed by atoms with Crippen molar-refractivity contribution < 1.29 is 4.74 Å². The molecule has 0 amide bonds. The molecule has 0 radical (unpaired) electrons. The average Bonchev–Trinajstić information content (AvgIpc) is 2.75. The molecule has 0 aromatic heterocycles. The molecule has 1 saturated heterocycles. The molecular weight excluding hydrogens is 176 g/mol. The smallest absolute Gasteiger partial charge is 0.0628 e. The molecule has 0 spiro atoms. The lowest BCUT2D eigenvalue weighted by Crippen LogP contribution is -2.29. The largest absolute Gasteiger partial charge is 0.381 e. The first-order valence-electron chi connectivity index (χ1n) is 5.50. The standard InChI is InChI=1S/C11H18N2O/c12-5-4-11(2-3-11)9-13-7-10-1-6-14-8-10/h10,13H,1-4,6-9H2. The van der Waals surface area contributed by atoms with Crippen LogP contribution in [0.5, 0.6) is 0 Å². The Morgan fingerprint density at radius 1 is 1.50 bits per heavy atom. The van der Waals surface area contributed by atoms with Crippen LogP contribution in [0.3, 0.4) is 0 Å². The van der Waals surface area contributed by atoms with Crippen molar-refractivity contribution in [1.82, 2.24) is 5.32 Å². The molecule has 78 valence electrons. The Bertz CT molecular complexity index is 224. The molecule has 1 aliphatic carbocycles. The van der Waals surface area contributed by atoms with Gasteiger partial charge in [-0.1, -0.05) is 0 Å². The van der Waals surface area contributed by atoms with Crippen LogP contribution in [0.4, 0.5) is 0 Å². The van der Waals surface area contributed by atoms with E-state index in [1.165, 1.54) is 19.3 Å². The van der Waals surface area contributed by atoms with Crippen LogP contribution in [-0.4, -0.2) is 26.3 Å². The van der Waals surface area contributed by atoms with E-state index in [2.05, 4.69) is 11.4 Å². The molecule has 0 bridgehead atoms. The van der Waals surface area contributed by atoms with E-state index in [9.17, 15) is 0 Å². The van der Waals surface area contributed by atoms with Gasteiger partial charge in [0.05, 0.1) is 12.7 Å². The van der Waals surface area contributed by atoms with Crippen molar-refractivity contribution in [2.75, 3.05) is 26.3 Å². The highest BCUT2D eigenvalue weighted by atomic mass is 16.5. The Morgan fingerprint density at radius 2 is 2.36 bits per heavy atom. The molecule has 0 aromatic carbocycles. The molecule has 1 heterocycles. The second kappa shape index (κ2) is 4.29. The maximum Gasteiger partial charge on any atom is 0.0628 e. The first-order valence-corrected chi connectivity index (χ1v) is 5.50. The second-order valence-electron chi connectivity index (χ2n) is 4.70. The van der Waals surface area contributed by atoms with Gasteiger partial charge in [0.25, 0.3) is 0 Å². The number of rotatable bonds is 5. The molecule has 1 N–H and O–H groups in total. The summed E-state index contributed by atoms with van der Waals surface area (Å²) in [5.41, 5.74) is 0.341. The van der Waals surface area contributed by atoms with Gasteiger partial charge in [-0.25, -0.2) is 0 Å². The highest BCUT2D eigenvalue weighted by Crippen LogP contribution is 2.47. The zero-order valence-corrected chi connectivity index (χ0v) is 8.59. The van der Waals surface area contributed by atoms with Gasteiger partial charge < -0.3 is 10.1 Å². The van der Waals surface area contributed by atoms with Gasteiger partial charge in [-0.05, 0) is 30.6 Å². The topological polar surface area (TPSA) is 45.0 Å². The summed E-state index contributed by atoms with van der Waals surface area (Å²) in [5, 5.41) is 12.1. The minimum absolute atomic E-state index is 0.341. The quantitative estimate of drug-likeness (QED) is 0.717. The number of nitriles is 1. The summed E-state index contributed by atoms with van der Waals surface area (Å²) >= 11 is 0. The van der Waals surface area contributed by atoms with Crippen LogP contribution in [-0.2, 0) is 4.74 Å². The van der Waals surface area contributed by atoms with Crippen LogP contribution < -0.4 is 5.32 Å². The lowest BCUT2D eigenvalue weighted by molar-refractivity contribution is 0.185. The van der Waals surface area contributed by atoms with E-state index in [1.807, 2.05) is 0 Å². The van der Waals surface area contributed by atoms with Crippen molar-refractivity contribution >= 4 is 0 Å². The Morgan fingerprint density at radius 3 is 2.93 bits per heavy atom. The second-order valence-corrected chi connectivity index (χ2v) is 4.70. The Hall–Kier alpha value is -0.590. The van der Waals surface area contributed by atoms with Gasteiger partial charge in [0, 0.05) is 26.1 Å². The summed E-state index contributed by atoms with van der Waals surface area (Å²) in [4.78, 5) is 0. The molecular formula is C11H18N2O. The summed E-state index contributed by atoms with van der Waals surface area (Å²) in [6.07, 6.45) is 4.38. The summed E-state index contributed by atoms with van der Waals surface area (Å²) in [6.45, 7) is 3.93. The van der Waals surface area contributed by atoms with Crippen LogP contribution in [0.15, 0.2) is 0 Å². The van der Waals surface area contributed by atoms with Crippen LogP contribution in [0, 0.1) is 22.7 Å². The van der Waals surface area contributed by atoms with E-state index in [0.717, 1.165) is 32.7 Å². The van der Waals surface area contributed by atoms with Crippen LogP contribution in [0.1, 0.15) is 25.7 Å². The predicted octanol–water partition coefficient (Wildman–Crippen LogP) is 1.31. The van der Waals surface area contributed by atoms with Gasteiger partial charge in [0.15, 0.2) is 0 Å². The third-order valence-electron chi connectivity index (χ3n) is 3.37. The first kappa shape index (κ1) is 9.95. The highest BCUT2D eigenvalue weighted by molar-refractivity contribution is 5.00. The molecule has 3 heteroatoms. The molecule has 1 unspecified atom stereocenters. The van der Waals surface area contributed by atoms with Crippen molar-refractivity contribution in [3.8, 4) is 6.07 Å². The minimum atomic E-state index is 0.341. The number of ether oxygens (including phenoxy) is 1.